The molecule has 1 N–H and O–H groups in total. The Morgan fingerprint density at radius 1 is 1.32 bits per heavy atom. The number of benzene rings is 1. The minimum absolute atomic E-state index is 0.0293. The van der Waals surface area contributed by atoms with Crippen molar-refractivity contribution in [2.24, 2.45) is 0 Å². The van der Waals surface area contributed by atoms with Crippen LogP contribution in [-0.2, 0) is 4.79 Å². The Balaban J connectivity index is 2.32. The van der Waals surface area contributed by atoms with Crippen molar-refractivity contribution in [1.29, 1.82) is 0 Å². The van der Waals surface area contributed by atoms with E-state index in [-0.39, 0.29) is 11.5 Å². The van der Waals surface area contributed by atoms with Crippen molar-refractivity contribution < 1.29 is 18.4 Å². The molecular weight excluding hydrogens is 254 g/mol. The molecule has 0 spiro atoms. The van der Waals surface area contributed by atoms with Crippen LogP contribution >= 0.6 is 0 Å². The Hall–Kier alpha value is -1.98. The molecule has 0 bridgehead atoms. The molecule has 0 unspecified atom stereocenters. The van der Waals surface area contributed by atoms with Gasteiger partial charge in [-0.2, -0.15) is 0 Å². The minimum Gasteiger partial charge on any atom is -0.352 e. The van der Waals surface area contributed by atoms with Crippen LogP contribution in [-0.4, -0.2) is 35.3 Å². The van der Waals surface area contributed by atoms with E-state index in [1.807, 2.05) is 0 Å². The zero-order valence-corrected chi connectivity index (χ0v) is 10.7. The first kappa shape index (κ1) is 13.5. The number of piperazine rings is 1. The minimum atomic E-state index is -1.08. The summed E-state index contributed by atoms with van der Waals surface area (Å²) in [5.74, 6) is -2.84. The van der Waals surface area contributed by atoms with E-state index in [9.17, 15) is 18.4 Å². The molecule has 0 aliphatic carbocycles. The van der Waals surface area contributed by atoms with Gasteiger partial charge in [0.1, 0.15) is 5.54 Å². The van der Waals surface area contributed by atoms with Crippen molar-refractivity contribution in [3.63, 3.8) is 0 Å². The van der Waals surface area contributed by atoms with Crippen molar-refractivity contribution >= 4 is 11.8 Å². The summed E-state index contributed by atoms with van der Waals surface area (Å²) >= 11 is 0. The van der Waals surface area contributed by atoms with Gasteiger partial charge < -0.3 is 10.2 Å². The van der Waals surface area contributed by atoms with Gasteiger partial charge >= 0.3 is 0 Å². The highest BCUT2D eigenvalue weighted by molar-refractivity contribution is 5.99. The highest BCUT2D eigenvalue weighted by atomic mass is 19.2. The summed E-state index contributed by atoms with van der Waals surface area (Å²) in [6.07, 6.45) is 0. The maximum atomic E-state index is 13.2. The fraction of sp³-hybridized carbons (Fsp3) is 0.385. The van der Waals surface area contributed by atoms with Gasteiger partial charge in [-0.05, 0) is 32.0 Å². The number of carbonyl (C=O) groups excluding carboxylic acids is 2. The first-order valence-corrected chi connectivity index (χ1v) is 5.89. The fourth-order valence-corrected chi connectivity index (χ4v) is 2.04. The summed E-state index contributed by atoms with van der Waals surface area (Å²) in [5, 5.41) is 2.66. The monoisotopic (exact) mass is 268 g/mol. The van der Waals surface area contributed by atoms with Crippen LogP contribution in [0.4, 0.5) is 8.78 Å². The molecule has 1 aliphatic heterocycles. The van der Waals surface area contributed by atoms with E-state index in [4.69, 9.17) is 0 Å². The number of hydrogen-bond acceptors (Lipinski definition) is 2. The average Bonchev–Trinajstić information content (AvgIpc) is 2.35. The Morgan fingerprint density at radius 3 is 2.63 bits per heavy atom. The highest BCUT2D eigenvalue weighted by Crippen LogP contribution is 2.21. The lowest BCUT2D eigenvalue weighted by Crippen LogP contribution is -2.63. The van der Waals surface area contributed by atoms with Crippen LogP contribution in [0.15, 0.2) is 18.2 Å². The van der Waals surface area contributed by atoms with E-state index < -0.39 is 23.1 Å². The second-order valence-corrected chi connectivity index (χ2v) is 4.90. The Morgan fingerprint density at radius 2 is 2.00 bits per heavy atom. The number of halogens is 2. The van der Waals surface area contributed by atoms with E-state index in [0.717, 1.165) is 12.1 Å². The van der Waals surface area contributed by atoms with Crippen molar-refractivity contribution in [3.8, 4) is 0 Å². The first-order valence-electron chi connectivity index (χ1n) is 5.89. The Labute approximate surface area is 109 Å². The zero-order valence-electron chi connectivity index (χ0n) is 10.7. The lowest BCUT2D eigenvalue weighted by molar-refractivity contribution is -0.133. The molecule has 1 aromatic carbocycles. The quantitative estimate of drug-likeness (QED) is 0.835. The first-order chi connectivity index (χ1) is 8.84. The molecule has 2 amide bonds. The lowest BCUT2D eigenvalue weighted by Gasteiger charge is -2.41. The molecule has 19 heavy (non-hydrogen) atoms. The average molecular weight is 268 g/mol. The summed E-state index contributed by atoms with van der Waals surface area (Å²) in [6, 6.07) is 2.96. The van der Waals surface area contributed by atoms with Crippen LogP contribution < -0.4 is 5.32 Å². The molecule has 4 nitrogen and oxygen atoms in total. The third kappa shape index (κ3) is 2.30. The standard InChI is InChI=1S/C13H14F2N2O2/c1-13(2)12(19)16-5-6-17(13)11(18)8-3-4-9(14)10(15)7-8/h3-4,7H,5-6H2,1-2H3,(H,16,19). The molecule has 1 saturated heterocycles. The predicted molar refractivity (Wildman–Crippen MR) is 64.5 cm³/mol. The summed E-state index contributed by atoms with van der Waals surface area (Å²) in [4.78, 5) is 25.4. The van der Waals surface area contributed by atoms with Gasteiger partial charge in [-0.25, -0.2) is 8.78 Å². The molecule has 0 saturated carbocycles. The van der Waals surface area contributed by atoms with Gasteiger partial charge in [0.2, 0.25) is 5.91 Å². The van der Waals surface area contributed by atoms with Crippen molar-refractivity contribution in [2.45, 2.75) is 19.4 Å². The molecule has 102 valence electrons. The van der Waals surface area contributed by atoms with Crippen molar-refractivity contribution in [2.75, 3.05) is 13.1 Å². The molecule has 1 aliphatic rings. The number of nitrogens with one attached hydrogen (secondary N) is 1. The topological polar surface area (TPSA) is 49.4 Å². The maximum Gasteiger partial charge on any atom is 0.254 e. The smallest absolute Gasteiger partial charge is 0.254 e. The van der Waals surface area contributed by atoms with Gasteiger partial charge in [0, 0.05) is 18.7 Å². The largest absolute Gasteiger partial charge is 0.352 e. The van der Waals surface area contributed by atoms with Gasteiger partial charge in [-0.3, -0.25) is 9.59 Å². The SMILES string of the molecule is CC1(C)C(=O)NCCN1C(=O)c1ccc(F)c(F)c1. The number of carbonyl (C=O) groups is 2. The van der Waals surface area contributed by atoms with Gasteiger partial charge in [-0.1, -0.05) is 0 Å². The fourth-order valence-electron chi connectivity index (χ4n) is 2.04. The van der Waals surface area contributed by atoms with E-state index in [1.165, 1.54) is 11.0 Å². The molecule has 1 aromatic rings. The summed E-state index contributed by atoms with van der Waals surface area (Å²) in [7, 11) is 0. The molecular formula is C13H14F2N2O2. The third-order valence-corrected chi connectivity index (χ3v) is 3.26. The summed E-state index contributed by atoms with van der Waals surface area (Å²) in [5.41, 5.74) is -0.984. The maximum absolute atomic E-state index is 13.2. The Bertz CT molecular complexity index is 543. The molecule has 6 heteroatoms. The molecule has 1 heterocycles. The zero-order chi connectivity index (χ0) is 14.2. The van der Waals surface area contributed by atoms with Gasteiger partial charge in [-0.15, -0.1) is 0 Å². The second kappa shape index (κ2) is 4.60. The van der Waals surface area contributed by atoms with Crippen molar-refractivity contribution in [1.82, 2.24) is 10.2 Å². The van der Waals surface area contributed by atoms with Gasteiger partial charge in [0.15, 0.2) is 11.6 Å². The van der Waals surface area contributed by atoms with E-state index in [2.05, 4.69) is 5.32 Å². The van der Waals surface area contributed by atoms with E-state index in [1.54, 1.807) is 13.8 Å². The van der Waals surface area contributed by atoms with Crippen LogP contribution in [0.2, 0.25) is 0 Å². The lowest BCUT2D eigenvalue weighted by atomic mass is 9.97. The van der Waals surface area contributed by atoms with Gasteiger partial charge in [0.25, 0.3) is 5.91 Å². The van der Waals surface area contributed by atoms with Crippen molar-refractivity contribution in [3.05, 3.63) is 35.4 Å². The van der Waals surface area contributed by atoms with Crippen LogP contribution in [0.1, 0.15) is 24.2 Å². The molecule has 1 fully saturated rings. The van der Waals surface area contributed by atoms with Crippen LogP contribution in [0.3, 0.4) is 0 Å². The number of hydrogen-bond donors (Lipinski definition) is 1. The third-order valence-electron chi connectivity index (χ3n) is 3.26. The summed E-state index contributed by atoms with van der Waals surface area (Å²) in [6.45, 7) is 3.90. The molecule has 2 rings (SSSR count). The number of amides is 2. The van der Waals surface area contributed by atoms with Crippen LogP contribution in [0, 0.1) is 11.6 Å². The number of rotatable bonds is 1. The highest BCUT2D eigenvalue weighted by Gasteiger charge is 2.40. The van der Waals surface area contributed by atoms with E-state index in [0.29, 0.717) is 13.1 Å². The molecule has 0 aromatic heterocycles. The summed E-state index contributed by atoms with van der Waals surface area (Å²) < 4.78 is 26.0. The van der Waals surface area contributed by atoms with Crippen LogP contribution in [0.25, 0.3) is 0 Å². The molecule has 0 radical (unpaired) electrons. The van der Waals surface area contributed by atoms with E-state index >= 15 is 0 Å². The normalized spacial score (nSPS) is 18.1. The Kier molecular flexibility index (Phi) is 3.26. The van der Waals surface area contributed by atoms with Gasteiger partial charge in [0.05, 0.1) is 0 Å². The van der Waals surface area contributed by atoms with Crippen LogP contribution in [0.5, 0.6) is 0 Å². The number of nitrogens with zero attached hydrogens (tertiary/aromatic N) is 1. The molecule has 0 atom stereocenters. The predicted octanol–water partition coefficient (Wildman–Crippen LogP) is 1.32. The second-order valence-electron chi connectivity index (χ2n) is 4.90.